The summed E-state index contributed by atoms with van der Waals surface area (Å²) in [7, 11) is 0. The van der Waals surface area contributed by atoms with Gasteiger partial charge in [-0.15, -0.1) is 5.73 Å². The Bertz CT molecular complexity index is 413. The molecule has 0 nitrogen and oxygen atoms in total. The van der Waals surface area contributed by atoms with Crippen LogP contribution in [0.4, 0.5) is 0 Å². The van der Waals surface area contributed by atoms with Crippen molar-refractivity contribution in [3.8, 4) is 0 Å². The maximum Gasteiger partial charge on any atom is 0.0275 e. The summed E-state index contributed by atoms with van der Waals surface area (Å²) in [6.45, 7) is 7.72. The Morgan fingerprint density at radius 3 is 2.31 bits per heavy atom. The highest BCUT2D eigenvalue weighted by molar-refractivity contribution is 5.41. The van der Waals surface area contributed by atoms with Gasteiger partial charge in [-0.05, 0) is 18.4 Å². The quantitative estimate of drug-likeness (QED) is 0.512. The van der Waals surface area contributed by atoms with Crippen molar-refractivity contribution in [3.63, 3.8) is 0 Å². The second-order valence-electron chi connectivity index (χ2n) is 4.45. The average molecular weight is 210 g/mol. The van der Waals surface area contributed by atoms with Crippen LogP contribution in [0.25, 0.3) is 0 Å². The molecule has 0 bridgehead atoms. The van der Waals surface area contributed by atoms with E-state index >= 15 is 0 Å². The Balaban J connectivity index is 2.52. The molecule has 0 amide bonds. The lowest BCUT2D eigenvalue weighted by atomic mass is 9.73. The molecule has 0 radical (unpaired) electrons. The highest BCUT2D eigenvalue weighted by Gasteiger charge is 2.37. The minimum atomic E-state index is 0.130. The first-order valence-corrected chi connectivity index (χ1v) is 5.92. The van der Waals surface area contributed by atoms with Gasteiger partial charge in [0.15, 0.2) is 0 Å². The van der Waals surface area contributed by atoms with Crippen molar-refractivity contribution < 1.29 is 0 Å². The van der Waals surface area contributed by atoms with Crippen LogP contribution in [0.1, 0.15) is 31.2 Å². The SMILES string of the molecule is C=C=C(C=C)C1(c2ccccc2)CCCC1. The molecule has 0 heteroatoms. The van der Waals surface area contributed by atoms with E-state index in [1.807, 2.05) is 6.08 Å². The second-order valence-corrected chi connectivity index (χ2v) is 4.45. The van der Waals surface area contributed by atoms with Crippen molar-refractivity contribution in [2.24, 2.45) is 0 Å². The lowest BCUT2D eigenvalue weighted by Gasteiger charge is -2.30. The van der Waals surface area contributed by atoms with Gasteiger partial charge in [0.1, 0.15) is 0 Å². The molecule has 1 aliphatic carbocycles. The van der Waals surface area contributed by atoms with Gasteiger partial charge in [-0.25, -0.2) is 0 Å². The normalized spacial score (nSPS) is 17.8. The summed E-state index contributed by atoms with van der Waals surface area (Å²) in [5.74, 6) is 0. The predicted octanol–water partition coefficient (Wildman–Crippen LogP) is 4.40. The maximum atomic E-state index is 3.91. The van der Waals surface area contributed by atoms with E-state index in [1.165, 1.54) is 31.2 Å². The first-order chi connectivity index (χ1) is 7.83. The smallest absolute Gasteiger partial charge is 0.0275 e. The molecule has 82 valence electrons. The zero-order valence-corrected chi connectivity index (χ0v) is 9.71. The summed E-state index contributed by atoms with van der Waals surface area (Å²) < 4.78 is 0. The first-order valence-electron chi connectivity index (χ1n) is 5.92. The van der Waals surface area contributed by atoms with Crippen LogP contribution in [-0.2, 0) is 5.41 Å². The monoisotopic (exact) mass is 210 g/mol. The van der Waals surface area contributed by atoms with Gasteiger partial charge >= 0.3 is 0 Å². The summed E-state index contributed by atoms with van der Waals surface area (Å²) in [4.78, 5) is 0. The fourth-order valence-corrected chi connectivity index (χ4v) is 2.89. The van der Waals surface area contributed by atoms with E-state index in [2.05, 4.69) is 49.2 Å². The summed E-state index contributed by atoms with van der Waals surface area (Å²) in [5.41, 5.74) is 5.76. The molecule has 2 rings (SSSR count). The minimum Gasteiger partial charge on any atom is -0.124 e. The minimum absolute atomic E-state index is 0.130. The fourth-order valence-electron chi connectivity index (χ4n) is 2.89. The van der Waals surface area contributed by atoms with Crippen LogP contribution < -0.4 is 0 Å². The summed E-state index contributed by atoms with van der Waals surface area (Å²) in [6.07, 6.45) is 6.88. The topological polar surface area (TPSA) is 0 Å². The van der Waals surface area contributed by atoms with Gasteiger partial charge in [-0.3, -0.25) is 0 Å². The maximum absolute atomic E-state index is 3.91. The Labute approximate surface area is 98.0 Å². The van der Waals surface area contributed by atoms with Crippen molar-refractivity contribution in [2.45, 2.75) is 31.1 Å². The van der Waals surface area contributed by atoms with Crippen LogP contribution >= 0.6 is 0 Å². The van der Waals surface area contributed by atoms with E-state index in [0.717, 1.165) is 5.57 Å². The average Bonchev–Trinajstić information content (AvgIpc) is 2.82. The van der Waals surface area contributed by atoms with Crippen LogP contribution in [0, 0.1) is 0 Å². The van der Waals surface area contributed by atoms with Gasteiger partial charge in [0, 0.05) is 11.0 Å². The lowest BCUT2D eigenvalue weighted by molar-refractivity contribution is 0.535. The zero-order chi connectivity index (χ0) is 11.4. The number of allylic oxidation sites excluding steroid dienone is 2. The Morgan fingerprint density at radius 2 is 1.81 bits per heavy atom. The Morgan fingerprint density at radius 1 is 1.19 bits per heavy atom. The van der Waals surface area contributed by atoms with Crippen LogP contribution in [0.15, 0.2) is 60.9 Å². The Kier molecular flexibility index (Phi) is 3.12. The third kappa shape index (κ3) is 1.66. The van der Waals surface area contributed by atoms with Crippen LogP contribution in [0.2, 0.25) is 0 Å². The molecule has 1 aromatic carbocycles. The van der Waals surface area contributed by atoms with E-state index < -0.39 is 0 Å². The third-order valence-corrected chi connectivity index (χ3v) is 3.69. The third-order valence-electron chi connectivity index (χ3n) is 3.69. The molecule has 0 saturated heterocycles. The predicted molar refractivity (Wildman–Crippen MR) is 69.4 cm³/mol. The van der Waals surface area contributed by atoms with E-state index in [9.17, 15) is 0 Å². The molecule has 0 spiro atoms. The highest BCUT2D eigenvalue weighted by Crippen LogP contribution is 2.46. The second kappa shape index (κ2) is 4.55. The number of rotatable bonds is 3. The fraction of sp³-hybridized carbons (Fsp3) is 0.312. The van der Waals surface area contributed by atoms with Crippen molar-refractivity contribution in [1.29, 1.82) is 0 Å². The molecular weight excluding hydrogens is 192 g/mol. The molecule has 0 atom stereocenters. The van der Waals surface area contributed by atoms with Crippen molar-refractivity contribution in [1.82, 2.24) is 0 Å². The van der Waals surface area contributed by atoms with Gasteiger partial charge in [0.25, 0.3) is 0 Å². The van der Waals surface area contributed by atoms with Gasteiger partial charge in [0.05, 0.1) is 0 Å². The molecule has 0 unspecified atom stereocenters. The largest absolute Gasteiger partial charge is 0.124 e. The summed E-state index contributed by atoms with van der Waals surface area (Å²) in [5, 5.41) is 0. The van der Waals surface area contributed by atoms with Crippen molar-refractivity contribution in [2.75, 3.05) is 0 Å². The summed E-state index contributed by atoms with van der Waals surface area (Å²) in [6, 6.07) is 10.7. The zero-order valence-electron chi connectivity index (χ0n) is 9.71. The van der Waals surface area contributed by atoms with E-state index in [-0.39, 0.29) is 5.41 Å². The van der Waals surface area contributed by atoms with Crippen LogP contribution in [-0.4, -0.2) is 0 Å². The molecule has 0 heterocycles. The molecule has 1 aromatic rings. The molecule has 1 saturated carbocycles. The Hall–Kier alpha value is -1.52. The van der Waals surface area contributed by atoms with E-state index in [4.69, 9.17) is 0 Å². The molecule has 0 aromatic heterocycles. The number of hydrogen-bond acceptors (Lipinski definition) is 0. The lowest BCUT2D eigenvalue weighted by Crippen LogP contribution is -2.23. The van der Waals surface area contributed by atoms with E-state index in [1.54, 1.807) is 0 Å². The molecule has 0 aliphatic heterocycles. The molecule has 1 fully saturated rings. The molecule has 16 heavy (non-hydrogen) atoms. The van der Waals surface area contributed by atoms with Gasteiger partial charge in [-0.1, -0.05) is 62.4 Å². The molecule has 0 N–H and O–H groups in total. The summed E-state index contributed by atoms with van der Waals surface area (Å²) >= 11 is 0. The van der Waals surface area contributed by atoms with Crippen molar-refractivity contribution >= 4 is 0 Å². The van der Waals surface area contributed by atoms with E-state index in [0.29, 0.717) is 0 Å². The van der Waals surface area contributed by atoms with Crippen LogP contribution in [0.3, 0.4) is 0 Å². The van der Waals surface area contributed by atoms with Gasteiger partial charge < -0.3 is 0 Å². The van der Waals surface area contributed by atoms with Gasteiger partial charge in [0.2, 0.25) is 0 Å². The number of hydrogen-bond donors (Lipinski definition) is 0. The molecule has 1 aliphatic rings. The molecular formula is C16H18. The van der Waals surface area contributed by atoms with Crippen molar-refractivity contribution in [3.05, 3.63) is 66.4 Å². The number of benzene rings is 1. The highest BCUT2D eigenvalue weighted by atomic mass is 14.4. The first kappa shape index (κ1) is 11.0. The standard InChI is InChI=1S/C16H18/c1-3-14(4-2)16(12-8-9-13-16)15-10-6-5-7-11-15/h3,5-7,10-11H,1-2,8-9,12-13H2. The van der Waals surface area contributed by atoms with Crippen LogP contribution in [0.5, 0.6) is 0 Å². The van der Waals surface area contributed by atoms with Gasteiger partial charge in [-0.2, -0.15) is 0 Å².